The predicted molar refractivity (Wildman–Crippen MR) is 264 cm³/mol. The minimum Gasteiger partial charge on any atom is -0.508 e. The molecule has 0 bridgehead atoms. The molecule has 15 N–H and O–H groups in total. The van der Waals surface area contributed by atoms with Gasteiger partial charge in [-0.05, 0) is 105 Å². The number of phenolic OH excluding ortho intramolecular Hbond substituents is 2. The van der Waals surface area contributed by atoms with E-state index in [1.165, 1.54) is 43.0 Å². The molecule has 0 aliphatic carbocycles. The van der Waals surface area contributed by atoms with Crippen molar-refractivity contribution in [2.24, 2.45) is 16.5 Å². The number of thioether (sulfide) groups is 1. The van der Waals surface area contributed by atoms with Gasteiger partial charge >= 0.3 is 5.97 Å². The number of hydrogen-bond acceptors (Lipinski definition) is 12. The van der Waals surface area contributed by atoms with Gasteiger partial charge in [-0.1, -0.05) is 42.5 Å². The van der Waals surface area contributed by atoms with E-state index in [0.29, 0.717) is 35.4 Å². The van der Waals surface area contributed by atoms with E-state index in [1.807, 2.05) is 24.3 Å². The lowest BCUT2D eigenvalue weighted by Gasteiger charge is -2.27. The van der Waals surface area contributed by atoms with Gasteiger partial charge in [0, 0.05) is 42.9 Å². The second-order valence-corrected chi connectivity index (χ2v) is 18.0. The highest BCUT2D eigenvalue weighted by Gasteiger charge is 2.34. The van der Waals surface area contributed by atoms with Gasteiger partial charge in [0.25, 0.3) is 0 Å². The predicted octanol–water partition coefficient (Wildman–Crippen LogP) is 0.179. The molecule has 1 aliphatic rings. The number of aliphatic carboxylic acids is 1. The van der Waals surface area contributed by atoms with E-state index < -0.39 is 77.8 Å². The summed E-state index contributed by atoms with van der Waals surface area (Å²) in [6.07, 6.45) is 5.01. The van der Waals surface area contributed by atoms with Crippen LogP contribution in [0.3, 0.4) is 0 Å². The Labute approximate surface area is 409 Å². The van der Waals surface area contributed by atoms with Crippen LogP contribution in [0.5, 0.6) is 11.5 Å². The summed E-state index contributed by atoms with van der Waals surface area (Å²) in [6, 6.07) is 11.2. The Morgan fingerprint density at radius 3 is 1.83 bits per heavy atom. The van der Waals surface area contributed by atoms with E-state index in [-0.39, 0.29) is 68.4 Å². The smallest absolute Gasteiger partial charge is 0.326 e. The monoisotopic (exact) mass is 985 g/mol. The fraction of sp³-hybridized carbons (Fsp3) is 0.417. The van der Waals surface area contributed by atoms with Gasteiger partial charge < -0.3 is 69.0 Å². The summed E-state index contributed by atoms with van der Waals surface area (Å²) >= 11 is 1.40. The summed E-state index contributed by atoms with van der Waals surface area (Å²) in [6.45, 7) is 2.19. The molecule has 0 unspecified atom stereocenters. The van der Waals surface area contributed by atoms with Crippen LogP contribution in [0.4, 0.5) is 0 Å². The molecule has 0 radical (unpaired) electrons. The standard InChI is InChI=1S/C48H63N11O10S/c1-27(54-44(65)38(23-28-11-15-31(60)16-12-28)58-42(63)35-9-5-20-51-35)41(62)57-39(24-29-13-17-32(61)18-14-29)45(66)59-40(25-30-26-53-34-8-4-3-7-33(30)34)46(67)55-36(19-22-70-2)43(64)56-37(47(68)69)10-6-21-52-48(49)50/h3-4,7-8,11-18,26-27,35-40,51,53,60-61H,5-6,9-10,19-25H2,1-2H3,(H,54,65)(H,55,67)(H,56,64)(H,57,62)(H,58,63)(H,59,66)(H,68,69)(H4,49,50,52)/t27-,35-,36-,37-,38-,39-,40-/m0/s1. The summed E-state index contributed by atoms with van der Waals surface area (Å²) in [5.41, 5.74) is 13.3. The fourth-order valence-corrected chi connectivity index (χ4v) is 8.29. The number of para-hydroxylation sites is 1. The molecule has 6 amide bonds. The van der Waals surface area contributed by atoms with Crippen molar-refractivity contribution in [3.8, 4) is 11.5 Å². The molecular weight excluding hydrogens is 923 g/mol. The molecule has 1 aromatic heterocycles. The normalized spacial score (nSPS) is 15.8. The van der Waals surface area contributed by atoms with E-state index in [4.69, 9.17) is 11.5 Å². The molecule has 1 aliphatic heterocycles. The number of benzene rings is 3. The number of aromatic amines is 1. The number of H-pyrrole nitrogens is 1. The zero-order chi connectivity index (χ0) is 50.7. The topological polar surface area (TPSA) is 345 Å². The van der Waals surface area contributed by atoms with Crippen LogP contribution in [-0.2, 0) is 52.8 Å². The Morgan fingerprint density at radius 1 is 0.700 bits per heavy atom. The molecule has 376 valence electrons. The number of aromatic hydroxyl groups is 2. The number of nitrogens with two attached hydrogens (primary N) is 2. The van der Waals surface area contributed by atoms with Crippen molar-refractivity contribution in [1.29, 1.82) is 0 Å². The third-order valence-electron chi connectivity index (χ3n) is 11.7. The maximum atomic E-state index is 14.6. The summed E-state index contributed by atoms with van der Waals surface area (Å²) in [5, 5.41) is 49.8. The Hall–Kier alpha value is -7.33. The van der Waals surface area contributed by atoms with E-state index in [2.05, 4.69) is 47.2 Å². The highest BCUT2D eigenvalue weighted by atomic mass is 32.2. The number of amides is 6. The first kappa shape index (κ1) is 53.6. The molecule has 0 spiro atoms. The molecule has 1 saturated heterocycles. The quantitative estimate of drug-likeness (QED) is 0.0227. The van der Waals surface area contributed by atoms with Crippen LogP contribution in [0.1, 0.15) is 55.7 Å². The molecule has 70 heavy (non-hydrogen) atoms. The Morgan fingerprint density at radius 2 is 1.24 bits per heavy atom. The molecule has 22 heteroatoms. The zero-order valence-corrected chi connectivity index (χ0v) is 39.9. The lowest BCUT2D eigenvalue weighted by Crippen LogP contribution is -2.60. The van der Waals surface area contributed by atoms with Crippen molar-refractivity contribution < 1.29 is 48.9 Å². The molecule has 4 aromatic rings. The summed E-state index contributed by atoms with van der Waals surface area (Å²) in [4.78, 5) is 103. The summed E-state index contributed by atoms with van der Waals surface area (Å²) in [7, 11) is 0. The largest absolute Gasteiger partial charge is 0.508 e. The van der Waals surface area contributed by atoms with Crippen molar-refractivity contribution in [3.05, 3.63) is 95.7 Å². The van der Waals surface area contributed by atoms with Gasteiger partial charge in [-0.15, -0.1) is 0 Å². The number of fused-ring (bicyclic) bond motifs is 1. The number of carbonyl (C=O) groups excluding carboxylic acids is 6. The zero-order valence-electron chi connectivity index (χ0n) is 39.0. The highest BCUT2D eigenvalue weighted by molar-refractivity contribution is 7.98. The lowest BCUT2D eigenvalue weighted by molar-refractivity contribution is -0.142. The molecule has 21 nitrogen and oxygen atoms in total. The number of carboxylic acids is 1. The molecule has 3 aromatic carbocycles. The van der Waals surface area contributed by atoms with E-state index in [0.717, 1.165) is 17.3 Å². The van der Waals surface area contributed by atoms with E-state index in [9.17, 15) is 48.9 Å². The maximum absolute atomic E-state index is 14.6. The summed E-state index contributed by atoms with van der Waals surface area (Å²) < 4.78 is 0. The molecular formula is C48H63N11O10S. The molecule has 2 heterocycles. The Kier molecular flexibility index (Phi) is 20.2. The van der Waals surface area contributed by atoms with Crippen molar-refractivity contribution in [2.75, 3.05) is 25.1 Å². The number of carboxylic acid groups (broad SMARTS) is 1. The number of nitrogens with one attached hydrogen (secondary N) is 8. The third kappa shape index (κ3) is 16.4. The van der Waals surface area contributed by atoms with Crippen LogP contribution in [-0.4, -0.2) is 135 Å². The minimum atomic E-state index is -1.37. The van der Waals surface area contributed by atoms with Gasteiger partial charge in [-0.25, -0.2) is 4.79 Å². The number of rotatable bonds is 26. The average Bonchev–Trinajstić information content (AvgIpc) is 4.03. The lowest BCUT2D eigenvalue weighted by atomic mass is 10.0. The van der Waals surface area contributed by atoms with Crippen LogP contribution >= 0.6 is 11.8 Å². The molecule has 1 fully saturated rings. The van der Waals surface area contributed by atoms with Gasteiger partial charge in [-0.2, -0.15) is 11.8 Å². The van der Waals surface area contributed by atoms with Gasteiger partial charge in [0.05, 0.1) is 6.04 Å². The summed E-state index contributed by atoms with van der Waals surface area (Å²) in [5.74, 6) is -5.28. The van der Waals surface area contributed by atoms with Crippen molar-refractivity contribution in [2.45, 2.75) is 101 Å². The van der Waals surface area contributed by atoms with Gasteiger partial charge in [0.1, 0.15) is 47.8 Å². The number of carbonyl (C=O) groups is 7. The minimum absolute atomic E-state index is 0.00812. The van der Waals surface area contributed by atoms with Gasteiger partial charge in [0.2, 0.25) is 35.4 Å². The first-order valence-electron chi connectivity index (χ1n) is 22.9. The second-order valence-electron chi connectivity index (χ2n) is 17.1. The van der Waals surface area contributed by atoms with Crippen LogP contribution in [0, 0.1) is 0 Å². The number of aromatic nitrogens is 1. The van der Waals surface area contributed by atoms with Gasteiger partial charge in [-0.3, -0.25) is 33.8 Å². The van der Waals surface area contributed by atoms with Crippen molar-refractivity contribution >= 4 is 70.0 Å². The molecule has 7 atom stereocenters. The number of phenols is 2. The van der Waals surface area contributed by atoms with E-state index in [1.54, 1.807) is 36.7 Å². The Balaban J connectivity index is 1.38. The number of nitrogens with zero attached hydrogens (tertiary/aromatic N) is 1. The Bertz CT molecular complexity index is 2460. The maximum Gasteiger partial charge on any atom is 0.326 e. The van der Waals surface area contributed by atoms with Crippen LogP contribution in [0.15, 0.2) is 84.0 Å². The average molecular weight is 986 g/mol. The number of aliphatic imine (C=N–C) groups is 1. The molecule has 5 rings (SSSR count). The van der Waals surface area contributed by atoms with Gasteiger partial charge in [0.15, 0.2) is 5.96 Å². The first-order chi connectivity index (χ1) is 33.5. The van der Waals surface area contributed by atoms with Crippen molar-refractivity contribution in [3.63, 3.8) is 0 Å². The first-order valence-corrected chi connectivity index (χ1v) is 24.3. The van der Waals surface area contributed by atoms with Crippen LogP contribution in [0.2, 0.25) is 0 Å². The van der Waals surface area contributed by atoms with Crippen LogP contribution in [0.25, 0.3) is 10.9 Å². The number of guanidine groups is 1. The number of hydrogen-bond donors (Lipinski definition) is 13. The fourth-order valence-electron chi connectivity index (χ4n) is 7.82. The van der Waals surface area contributed by atoms with Crippen molar-refractivity contribution in [1.82, 2.24) is 42.2 Å². The van der Waals surface area contributed by atoms with Crippen LogP contribution < -0.4 is 48.7 Å². The van der Waals surface area contributed by atoms with E-state index >= 15 is 0 Å². The molecule has 0 saturated carbocycles. The highest BCUT2D eigenvalue weighted by Crippen LogP contribution is 2.20. The second kappa shape index (κ2) is 26.4. The SMILES string of the molecule is CSCC[C@H](NC(=O)[C@H](Cc1c[nH]c2ccccc12)NC(=O)[C@H](Cc1ccc(O)cc1)NC(=O)[C@H](C)NC(=O)[C@H](Cc1ccc(O)cc1)NC(=O)[C@@H]1CCCN1)C(=O)N[C@@H](CCCN=C(N)N)C(=O)O. The third-order valence-corrected chi connectivity index (χ3v) is 12.3.